The first-order valence-corrected chi connectivity index (χ1v) is 40.1. The van der Waals surface area contributed by atoms with E-state index in [1.54, 1.807) is 0 Å². The fourth-order valence-electron chi connectivity index (χ4n) is 16.2. The zero-order valence-corrected chi connectivity index (χ0v) is 59.8. The van der Waals surface area contributed by atoms with Crippen molar-refractivity contribution in [3.05, 3.63) is 436 Å². The minimum atomic E-state index is -3.81. The lowest BCUT2D eigenvalue weighted by atomic mass is 10.1. The van der Waals surface area contributed by atoms with Gasteiger partial charge in [-0.3, -0.25) is 0 Å². The van der Waals surface area contributed by atoms with Crippen molar-refractivity contribution >= 4 is 91.1 Å². The molecule has 17 aromatic rings. The van der Waals surface area contributed by atoms with Crippen LogP contribution in [0.5, 0.6) is 0 Å². The number of nitrogens with zero attached hydrogens (tertiary/aromatic N) is 3. The van der Waals surface area contributed by atoms with E-state index in [9.17, 15) is 0 Å². The molecule has 0 radical (unpaired) electrons. The number of hydrogen-bond acceptors (Lipinski definition) is 3. The molecule has 0 spiro atoms. The highest BCUT2D eigenvalue weighted by atomic mass is 28.3. The largest absolute Gasteiger partial charge is 0.331 e. The van der Waals surface area contributed by atoms with Crippen molar-refractivity contribution in [3.63, 3.8) is 0 Å². The Kier molecular flexibility index (Phi) is 17.1. The lowest BCUT2D eigenvalue weighted by Gasteiger charge is -2.39. The fraction of sp³-hybridized carbons (Fsp3) is 0.0101. The van der Waals surface area contributed by atoms with Gasteiger partial charge in [0.05, 0.1) is 11.0 Å². The first-order chi connectivity index (χ1) is 52.0. The monoisotopic (exact) mass is 1370 g/mol. The highest BCUT2D eigenvalue weighted by molar-refractivity contribution is 7.22. The molecule has 4 nitrogen and oxygen atoms in total. The second kappa shape index (κ2) is 28.0. The lowest BCUT2D eigenvalue weighted by molar-refractivity contribution is 0.516. The Morgan fingerprint density at radius 1 is 0.210 bits per heavy atom. The maximum atomic E-state index is 5.92. The van der Waals surface area contributed by atoms with Crippen LogP contribution in [0.15, 0.2) is 435 Å². The number of aromatic nitrogens is 1. The standard InChI is InChI=1S/C99H72N4Si2/c1-8-32-71(33-9-1)78-46-26-52-85(62-78)104(86-53-27-47-79(63-86)72-34-10-2-11-35-72,87-54-28-48-80(64-87)73-36-12-3-13-37-73)91-68-84(98-100-97(77-44-20-7-21-45-77)101-99(102-98)103-95-60-24-22-58-93(95)94-59-23-25-61-96(94)103)69-92(70-91)105(88-55-29-49-81(65-88)74-38-14-4-15-39-74,89-56-30-50-82(66-89)75-40-16-5-17-41-75)90-57-31-51-83(67-90)76-42-18-6-19-43-76/h1-70,99H,(H,100,101,102). The summed E-state index contributed by atoms with van der Waals surface area (Å²) in [5.41, 5.74) is 17.8. The quantitative estimate of drug-likeness (QED) is 0.0716. The van der Waals surface area contributed by atoms with Gasteiger partial charge < -0.3 is 9.88 Å². The number of hydrogen-bond donors (Lipinski definition) is 1. The van der Waals surface area contributed by atoms with E-state index < -0.39 is 22.4 Å². The first-order valence-electron chi connectivity index (χ1n) is 36.1. The van der Waals surface area contributed by atoms with Crippen LogP contribution in [0.2, 0.25) is 0 Å². The van der Waals surface area contributed by atoms with Crippen molar-refractivity contribution < 1.29 is 0 Å². The van der Waals surface area contributed by atoms with Crippen LogP contribution in [0, 0.1) is 0 Å². The molecule has 18 rings (SSSR count). The number of amidine groups is 2. The molecule has 6 heteroatoms. The van der Waals surface area contributed by atoms with E-state index in [-0.39, 0.29) is 0 Å². The molecule has 16 aromatic carbocycles. The highest BCUT2D eigenvalue weighted by Gasteiger charge is 2.47. The van der Waals surface area contributed by atoms with Crippen LogP contribution in [-0.4, -0.2) is 32.4 Å². The minimum Gasteiger partial charge on any atom is -0.331 e. The Balaban J connectivity index is 1.03. The van der Waals surface area contributed by atoms with Crippen LogP contribution in [0.4, 0.5) is 0 Å². The molecular weight excluding hydrogens is 1300 g/mol. The predicted octanol–water partition coefficient (Wildman–Crippen LogP) is 18.5. The summed E-state index contributed by atoms with van der Waals surface area (Å²) < 4.78 is 2.38. The summed E-state index contributed by atoms with van der Waals surface area (Å²) >= 11 is 0. The Morgan fingerprint density at radius 2 is 0.448 bits per heavy atom. The molecule has 496 valence electrons. The molecule has 0 aliphatic carbocycles. The van der Waals surface area contributed by atoms with Gasteiger partial charge >= 0.3 is 0 Å². The van der Waals surface area contributed by atoms with Gasteiger partial charge in [0.15, 0.2) is 22.0 Å². The van der Waals surface area contributed by atoms with Crippen LogP contribution in [0.25, 0.3) is 88.6 Å². The summed E-state index contributed by atoms with van der Waals surface area (Å²) in [4.78, 5) is 11.6. The first kappa shape index (κ1) is 64.0. The third kappa shape index (κ3) is 12.0. The summed E-state index contributed by atoms with van der Waals surface area (Å²) in [6, 6.07) is 159. The smallest absolute Gasteiger partial charge is 0.204 e. The topological polar surface area (TPSA) is 41.7 Å². The molecule has 0 fully saturated rings. The van der Waals surface area contributed by atoms with Crippen molar-refractivity contribution in [2.75, 3.05) is 0 Å². The second-order valence-corrected chi connectivity index (χ2v) is 34.8. The highest BCUT2D eigenvalue weighted by Crippen LogP contribution is 2.35. The summed E-state index contributed by atoms with van der Waals surface area (Å²) in [6.45, 7) is 0. The van der Waals surface area contributed by atoms with Crippen LogP contribution in [0.1, 0.15) is 17.4 Å². The molecule has 0 saturated carbocycles. The van der Waals surface area contributed by atoms with E-state index in [1.807, 2.05) is 0 Å². The van der Waals surface area contributed by atoms with Crippen molar-refractivity contribution in [3.8, 4) is 66.8 Å². The molecule has 1 N–H and O–H groups in total. The van der Waals surface area contributed by atoms with E-state index in [0.29, 0.717) is 11.7 Å². The van der Waals surface area contributed by atoms with Gasteiger partial charge in [0, 0.05) is 21.9 Å². The van der Waals surface area contributed by atoms with E-state index in [1.165, 1.54) is 41.5 Å². The summed E-state index contributed by atoms with van der Waals surface area (Å²) in [5.74, 6) is 1.35. The average Bonchev–Trinajstić information content (AvgIpc) is 1.27. The Labute approximate surface area is 615 Å². The van der Waals surface area contributed by atoms with Crippen molar-refractivity contribution in [2.45, 2.75) is 6.29 Å². The molecule has 0 bridgehead atoms. The molecule has 0 saturated heterocycles. The molecule has 0 amide bonds. The average molecular weight is 1370 g/mol. The second-order valence-electron chi connectivity index (χ2n) is 27.2. The van der Waals surface area contributed by atoms with Gasteiger partial charge in [-0.1, -0.05) is 413 Å². The van der Waals surface area contributed by atoms with Gasteiger partial charge in [-0.15, -0.1) is 0 Å². The van der Waals surface area contributed by atoms with Crippen molar-refractivity contribution in [1.82, 2.24) is 9.88 Å². The maximum absolute atomic E-state index is 5.92. The van der Waals surface area contributed by atoms with Crippen molar-refractivity contribution in [1.29, 1.82) is 0 Å². The van der Waals surface area contributed by atoms with Gasteiger partial charge in [0.2, 0.25) is 6.29 Å². The van der Waals surface area contributed by atoms with E-state index >= 15 is 0 Å². The van der Waals surface area contributed by atoms with Gasteiger partial charge in [0.1, 0.15) is 5.84 Å². The van der Waals surface area contributed by atoms with Crippen LogP contribution >= 0.6 is 0 Å². The molecule has 1 aliphatic rings. The van der Waals surface area contributed by atoms with Crippen LogP contribution in [-0.2, 0) is 0 Å². The van der Waals surface area contributed by atoms with Gasteiger partial charge in [-0.2, -0.15) is 0 Å². The maximum Gasteiger partial charge on any atom is 0.204 e. The van der Waals surface area contributed by atoms with Gasteiger partial charge in [-0.05, 0) is 120 Å². The predicted molar refractivity (Wildman–Crippen MR) is 447 cm³/mol. The summed E-state index contributed by atoms with van der Waals surface area (Å²) in [5, 5.41) is 16.4. The number of nitrogens with one attached hydrogen (secondary N) is 1. The molecule has 2 heterocycles. The van der Waals surface area contributed by atoms with Gasteiger partial charge in [-0.25, -0.2) is 9.98 Å². The zero-order valence-electron chi connectivity index (χ0n) is 57.8. The Bertz CT molecular complexity index is 5330. The van der Waals surface area contributed by atoms with Crippen LogP contribution < -0.4 is 46.8 Å². The number of fused-ring (bicyclic) bond motifs is 3. The molecule has 1 atom stereocenters. The van der Waals surface area contributed by atoms with Gasteiger partial charge in [0.25, 0.3) is 0 Å². The zero-order chi connectivity index (χ0) is 69.9. The number of aliphatic imine (C=N–C) groups is 2. The summed E-state index contributed by atoms with van der Waals surface area (Å²) in [7, 11) is -7.62. The normalized spacial score (nSPS) is 13.0. The SMILES string of the molecule is c1ccc(C2=NC(n3c4ccccc4c4ccccc43)NC(c3cc([Si](c4cccc(-c5ccccc5)c4)(c4cccc(-c5ccccc5)c4)c4cccc(-c5ccccc5)c4)cc([Si](c4cccc(-c5ccccc5)c4)(c4cccc(-c5ccccc5)c4)c4cccc(-c5ccccc5)c4)c3)=N2)cc1. The van der Waals surface area contributed by atoms with Crippen LogP contribution in [0.3, 0.4) is 0 Å². The minimum absolute atomic E-state index is 0.631. The number of rotatable bonds is 17. The summed E-state index contributed by atoms with van der Waals surface area (Å²) in [6.07, 6.45) is -0.631. The number of benzene rings is 16. The Hall–Kier alpha value is -13.1. The molecular formula is C99H72N4Si2. The molecule has 1 aromatic heterocycles. The van der Waals surface area contributed by atoms with E-state index in [4.69, 9.17) is 9.98 Å². The fourth-order valence-corrected chi connectivity index (χ4v) is 26.2. The Morgan fingerprint density at radius 3 is 0.733 bits per heavy atom. The third-order valence-corrected chi connectivity index (χ3v) is 30.5. The van der Waals surface area contributed by atoms with E-state index in [0.717, 1.165) is 99.7 Å². The molecule has 1 aliphatic heterocycles. The van der Waals surface area contributed by atoms with Crippen molar-refractivity contribution in [2.24, 2.45) is 9.98 Å². The third-order valence-electron chi connectivity index (χ3n) is 21.1. The molecule has 1 unspecified atom stereocenters. The van der Waals surface area contributed by atoms with E-state index in [2.05, 4.69) is 435 Å². The molecule has 105 heavy (non-hydrogen) atoms. The number of para-hydroxylation sites is 2. The lowest BCUT2D eigenvalue weighted by Crippen LogP contribution is -2.78.